The third-order valence-corrected chi connectivity index (χ3v) is 4.73. The van der Waals surface area contributed by atoms with E-state index in [1.807, 2.05) is 0 Å². The molecule has 1 spiro atoms. The molecule has 0 aromatic carbocycles. The van der Waals surface area contributed by atoms with E-state index in [2.05, 4.69) is 14.9 Å². The highest BCUT2D eigenvalue weighted by atomic mass is 16.1. The van der Waals surface area contributed by atoms with Gasteiger partial charge >= 0.3 is 0 Å². The Balaban J connectivity index is 1.68. The molecule has 0 radical (unpaired) electrons. The van der Waals surface area contributed by atoms with E-state index < -0.39 is 0 Å². The maximum absolute atomic E-state index is 11.3. The Labute approximate surface area is 107 Å². The smallest absolute Gasteiger partial charge is 0.252 e. The summed E-state index contributed by atoms with van der Waals surface area (Å²) in [5, 5.41) is 0. The number of anilines is 1. The summed E-state index contributed by atoms with van der Waals surface area (Å²) in [7, 11) is 0. The Kier molecular flexibility index (Phi) is 3.10. The minimum atomic E-state index is -0.0575. The molecule has 4 nitrogen and oxygen atoms in total. The van der Waals surface area contributed by atoms with E-state index in [1.54, 1.807) is 6.07 Å². The summed E-state index contributed by atoms with van der Waals surface area (Å²) in [5.74, 6) is 0.837. The van der Waals surface area contributed by atoms with Crippen molar-refractivity contribution in [3.63, 3.8) is 0 Å². The van der Waals surface area contributed by atoms with Crippen LogP contribution in [0.2, 0.25) is 0 Å². The molecule has 2 fully saturated rings. The van der Waals surface area contributed by atoms with E-state index in [-0.39, 0.29) is 5.56 Å². The Bertz CT molecular complexity index is 452. The lowest BCUT2D eigenvalue weighted by atomic mass is 9.68. The number of nitrogens with zero attached hydrogens (tertiary/aromatic N) is 2. The van der Waals surface area contributed by atoms with Crippen molar-refractivity contribution in [2.45, 2.75) is 44.9 Å². The van der Waals surface area contributed by atoms with Gasteiger partial charge in [0.15, 0.2) is 0 Å². The van der Waals surface area contributed by atoms with Gasteiger partial charge in [-0.1, -0.05) is 19.3 Å². The second kappa shape index (κ2) is 4.75. The molecule has 2 heterocycles. The summed E-state index contributed by atoms with van der Waals surface area (Å²) >= 11 is 0. The van der Waals surface area contributed by atoms with Crippen molar-refractivity contribution in [1.29, 1.82) is 0 Å². The van der Waals surface area contributed by atoms with E-state index >= 15 is 0 Å². The van der Waals surface area contributed by atoms with Gasteiger partial charge in [0, 0.05) is 19.2 Å². The first-order chi connectivity index (χ1) is 8.77. The largest absolute Gasteiger partial charge is 0.356 e. The van der Waals surface area contributed by atoms with Crippen LogP contribution in [-0.2, 0) is 0 Å². The van der Waals surface area contributed by atoms with E-state index in [4.69, 9.17) is 0 Å². The van der Waals surface area contributed by atoms with Crippen LogP contribution in [0.15, 0.2) is 17.2 Å². The third-order valence-electron chi connectivity index (χ3n) is 4.73. The second-order valence-corrected chi connectivity index (χ2v) is 5.82. The van der Waals surface area contributed by atoms with Crippen LogP contribution < -0.4 is 10.5 Å². The first-order valence-electron chi connectivity index (χ1n) is 7.07. The first kappa shape index (κ1) is 11.8. The lowest BCUT2D eigenvalue weighted by Crippen LogP contribution is -2.41. The molecular weight excluding hydrogens is 226 g/mol. The summed E-state index contributed by atoms with van der Waals surface area (Å²) < 4.78 is 0. The number of hydrogen-bond acceptors (Lipinski definition) is 3. The van der Waals surface area contributed by atoms with Gasteiger partial charge in [-0.2, -0.15) is 0 Å². The highest BCUT2D eigenvalue weighted by molar-refractivity contribution is 5.37. The van der Waals surface area contributed by atoms with Gasteiger partial charge in [0.05, 0.1) is 6.33 Å². The maximum Gasteiger partial charge on any atom is 0.252 e. The molecule has 1 N–H and O–H groups in total. The number of piperidine rings is 1. The molecular formula is C14H21N3O. The monoisotopic (exact) mass is 247 g/mol. The first-order valence-corrected chi connectivity index (χ1v) is 7.07. The van der Waals surface area contributed by atoms with Gasteiger partial charge in [-0.05, 0) is 31.1 Å². The average Bonchev–Trinajstić information content (AvgIpc) is 2.40. The van der Waals surface area contributed by atoms with Crippen LogP contribution in [0.5, 0.6) is 0 Å². The van der Waals surface area contributed by atoms with Crippen LogP contribution in [0.3, 0.4) is 0 Å². The molecule has 18 heavy (non-hydrogen) atoms. The molecule has 1 aromatic rings. The Morgan fingerprint density at radius 3 is 2.50 bits per heavy atom. The third kappa shape index (κ3) is 2.28. The molecule has 0 bridgehead atoms. The molecule has 1 aliphatic carbocycles. The van der Waals surface area contributed by atoms with Gasteiger partial charge in [-0.3, -0.25) is 4.79 Å². The number of H-pyrrole nitrogens is 1. The number of rotatable bonds is 1. The molecule has 0 amide bonds. The van der Waals surface area contributed by atoms with Gasteiger partial charge in [-0.25, -0.2) is 4.98 Å². The second-order valence-electron chi connectivity index (χ2n) is 5.82. The minimum Gasteiger partial charge on any atom is -0.356 e. The van der Waals surface area contributed by atoms with Gasteiger partial charge in [0.25, 0.3) is 5.56 Å². The zero-order chi connectivity index (χ0) is 12.4. The molecule has 1 saturated heterocycles. The quantitative estimate of drug-likeness (QED) is 0.828. The summed E-state index contributed by atoms with van der Waals surface area (Å²) in [6, 6.07) is 1.61. The van der Waals surface area contributed by atoms with Crippen LogP contribution in [0.4, 0.5) is 5.82 Å². The molecule has 1 aromatic heterocycles. The van der Waals surface area contributed by atoms with Crippen LogP contribution in [-0.4, -0.2) is 23.1 Å². The van der Waals surface area contributed by atoms with Crippen molar-refractivity contribution in [3.8, 4) is 0 Å². The zero-order valence-corrected chi connectivity index (χ0v) is 10.8. The highest BCUT2D eigenvalue weighted by Gasteiger charge is 2.35. The maximum atomic E-state index is 11.3. The fourth-order valence-electron chi connectivity index (χ4n) is 3.54. The Morgan fingerprint density at radius 2 is 1.83 bits per heavy atom. The molecule has 0 atom stereocenters. The lowest BCUT2D eigenvalue weighted by Gasteiger charge is -2.44. The number of nitrogens with one attached hydrogen (secondary N) is 1. The number of aromatic amines is 1. The molecule has 0 unspecified atom stereocenters. The number of aromatic nitrogens is 2. The molecule has 3 rings (SSSR count). The van der Waals surface area contributed by atoms with Crippen molar-refractivity contribution < 1.29 is 0 Å². The minimum absolute atomic E-state index is 0.0575. The van der Waals surface area contributed by atoms with Gasteiger partial charge < -0.3 is 9.88 Å². The predicted molar refractivity (Wildman–Crippen MR) is 71.8 cm³/mol. The SMILES string of the molecule is O=c1cc(N2CCC3(CCCCC3)CC2)nc[nH]1. The van der Waals surface area contributed by atoms with Crippen molar-refractivity contribution in [2.75, 3.05) is 18.0 Å². The molecule has 98 valence electrons. The summed E-state index contributed by atoms with van der Waals surface area (Å²) in [5.41, 5.74) is 0.550. The average molecular weight is 247 g/mol. The van der Waals surface area contributed by atoms with E-state index in [1.165, 1.54) is 51.3 Å². The molecule has 2 aliphatic rings. The number of hydrogen-bond donors (Lipinski definition) is 1. The Hall–Kier alpha value is -1.32. The van der Waals surface area contributed by atoms with Crippen LogP contribution in [0.25, 0.3) is 0 Å². The highest BCUT2D eigenvalue weighted by Crippen LogP contribution is 2.44. The van der Waals surface area contributed by atoms with Crippen molar-refractivity contribution in [3.05, 3.63) is 22.7 Å². The molecule has 1 saturated carbocycles. The van der Waals surface area contributed by atoms with Crippen molar-refractivity contribution in [1.82, 2.24) is 9.97 Å². The molecule has 1 aliphatic heterocycles. The van der Waals surface area contributed by atoms with Gasteiger partial charge in [0.2, 0.25) is 0 Å². The Morgan fingerprint density at radius 1 is 1.11 bits per heavy atom. The van der Waals surface area contributed by atoms with E-state index in [0.717, 1.165) is 18.9 Å². The fourth-order valence-corrected chi connectivity index (χ4v) is 3.54. The fraction of sp³-hybridized carbons (Fsp3) is 0.714. The predicted octanol–water partition coefficient (Wildman–Crippen LogP) is 2.32. The lowest BCUT2D eigenvalue weighted by molar-refractivity contribution is 0.144. The van der Waals surface area contributed by atoms with Crippen LogP contribution >= 0.6 is 0 Å². The normalized spacial score (nSPS) is 23.2. The van der Waals surface area contributed by atoms with E-state index in [9.17, 15) is 4.79 Å². The topological polar surface area (TPSA) is 49.0 Å². The van der Waals surface area contributed by atoms with E-state index in [0.29, 0.717) is 5.41 Å². The zero-order valence-electron chi connectivity index (χ0n) is 10.8. The van der Waals surface area contributed by atoms with Crippen LogP contribution in [0.1, 0.15) is 44.9 Å². The summed E-state index contributed by atoms with van der Waals surface area (Å²) in [6.45, 7) is 2.10. The van der Waals surface area contributed by atoms with Gasteiger partial charge in [-0.15, -0.1) is 0 Å². The standard InChI is InChI=1S/C14H21N3O/c18-13-10-12(15-11-16-13)17-8-6-14(7-9-17)4-2-1-3-5-14/h10-11H,1-9H2,(H,15,16,18). The summed E-state index contributed by atoms with van der Waals surface area (Å²) in [6.07, 6.45) is 11.1. The summed E-state index contributed by atoms with van der Waals surface area (Å²) in [4.78, 5) is 20.4. The van der Waals surface area contributed by atoms with Crippen molar-refractivity contribution >= 4 is 5.82 Å². The van der Waals surface area contributed by atoms with Gasteiger partial charge in [0.1, 0.15) is 5.82 Å². The molecule has 4 heteroatoms. The van der Waals surface area contributed by atoms with Crippen molar-refractivity contribution in [2.24, 2.45) is 5.41 Å². The van der Waals surface area contributed by atoms with Crippen LogP contribution in [0, 0.1) is 5.41 Å².